The van der Waals surface area contributed by atoms with Gasteiger partial charge in [0.05, 0.1) is 11.8 Å². The maximum Gasteiger partial charge on any atom is 0.257 e. The van der Waals surface area contributed by atoms with Crippen LogP contribution in [-0.4, -0.2) is 36.3 Å². The number of likely N-dealkylation sites (tertiary alicyclic amines) is 1. The molecule has 0 spiro atoms. The zero-order chi connectivity index (χ0) is 17.6. The molecule has 1 N–H and O–H groups in total. The van der Waals surface area contributed by atoms with Crippen LogP contribution < -0.4 is 5.32 Å². The smallest absolute Gasteiger partial charge is 0.257 e. The molecule has 1 aromatic carbocycles. The second kappa shape index (κ2) is 8.01. The number of nitrogens with zero attached hydrogens (tertiary/aromatic N) is 1. The van der Waals surface area contributed by atoms with Crippen molar-refractivity contribution in [2.24, 2.45) is 5.92 Å². The van der Waals surface area contributed by atoms with E-state index in [0.717, 1.165) is 32.4 Å². The Morgan fingerprint density at radius 3 is 2.44 bits per heavy atom. The van der Waals surface area contributed by atoms with E-state index in [4.69, 9.17) is 4.42 Å². The molecule has 2 amide bonds. The molecule has 3 rings (SSSR count). The summed E-state index contributed by atoms with van der Waals surface area (Å²) in [4.78, 5) is 26.3. The van der Waals surface area contributed by atoms with Crippen LogP contribution in [0.4, 0.5) is 0 Å². The topological polar surface area (TPSA) is 62.6 Å². The van der Waals surface area contributed by atoms with Crippen LogP contribution in [0.5, 0.6) is 0 Å². The molecule has 5 nitrogen and oxygen atoms in total. The highest BCUT2D eigenvalue weighted by atomic mass is 16.3. The number of carbonyl (C=O) groups is 2. The van der Waals surface area contributed by atoms with Crippen LogP contribution in [0.25, 0.3) is 0 Å². The minimum Gasteiger partial charge on any atom is -0.472 e. The van der Waals surface area contributed by atoms with E-state index in [1.807, 2.05) is 29.2 Å². The molecule has 0 radical (unpaired) electrons. The summed E-state index contributed by atoms with van der Waals surface area (Å²) in [5.74, 6) is 0.402. The number of furan rings is 1. The number of aryl methyl sites for hydroxylation is 1. The van der Waals surface area contributed by atoms with E-state index in [0.29, 0.717) is 23.6 Å². The summed E-state index contributed by atoms with van der Waals surface area (Å²) in [5.41, 5.74) is 2.53. The predicted molar refractivity (Wildman–Crippen MR) is 95.5 cm³/mol. The molecule has 25 heavy (non-hydrogen) atoms. The molecule has 2 heterocycles. The molecule has 1 fully saturated rings. The van der Waals surface area contributed by atoms with Gasteiger partial charge in [0.2, 0.25) is 0 Å². The molecule has 0 bridgehead atoms. The van der Waals surface area contributed by atoms with Crippen LogP contribution in [0.1, 0.15) is 46.0 Å². The lowest BCUT2D eigenvalue weighted by Crippen LogP contribution is -2.41. The molecule has 0 unspecified atom stereocenters. The highest BCUT2D eigenvalue weighted by Crippen LogP contribution is 2.19. The summed E-state index contributed by atoms with van der Waals surface area (Å²) in [5, 5.41) is 3.02. The minimum absolute atomic E-state index is 0.0206. The number of carbonyl (C=O) groups excluding carboxylic acids is 2. The van der Waals surface area contributed by atoms with Gasteiger partial charge in [0, 0.05) is 25.2 Å². The molecule has 0 atom stereocenters. The summed E-state index contributed by atoms with van der Waals surface area (Å²) < 4.78 is 4.97. The molecule has 1 aliphatic rings. The van der Waals surface area contributed by atoms with E-state index >= 15 is 0 Å². The van der Waals surface area contributed by atoms with E-state index in [-0.39, 0.29) is 11.8 Å². The number of benzene rings is 1. The fourth-order valence-corrected chi connectivity index (χ4v) is 3.14. The zero-order valence-corrected chi connectivity index (χ0v) is 14.5. The van der Waals surface area contributed by atoms with Crippen LogP contribution in [0.3, 0.4) is 0 Å². The predicted octanol–water partition coefficient (Wildman–Crippen LogP) is 3.12. The average Bonchev–Trinajstić information content (AvgIpc) is 3.21. The molecule has 132 valence electrons. The third-order valence-corrected chi connectivity index (χ3v) is 4.85. The molecule has 1 saturated heterocycles. The molecule has 2 aromatic rings. The van der Waals surface area contributed by atoms with Gasteiger partial charge in [0.15, 0.2) is 0 Å². The normalized spacial score (nSPS) is 15.2. The fraction of sp³-hybridized carbons (Fsp3) is 0.400. The Kier molecular flexibility index (Phi) is 5.53. The number of hydrogen-bond donors (Lipinski definition) is 1. The summed E-state index contributed by atoms with van der Waals surface area (Å²) >= 11 is 0. The standard InChI is InChI=1S/C20H24N2O3/c1-2-15-3-5-17(6-4-15)19(23)21-13-16-7-10-22(11-8-16)20(24)18-9-12-25-14-18/h3-6,9,12,14,16H,2,7-8,10-11,13H2,1H3,(H,21,23). The average molecular weight is 340 g/mol. The molecule has 1 aliphatic heterocycles. The number of rotatable bonds is 5. The number of piperidine rings is 1. The van der Waals surface area contributed by atoms with Crippen LogP contribution in [0.15, 0.2) is 47.3 Å². The van der Waals surface area contributed by atoms with E-state index in [1.54, 1.807) is 6.07 Å². The quantitative estimate of drug-likeness (QED) is 0.909. The first-order valence-electron chi connectivity index (χ1n) is 8.86. The maximum absolute atomic E-state index is 12.3. The Balaban J connectivity index is 1.44. The lowest BCUT2D eigenvalue weighted by atomic mass is 9.96. The van der Waals surface area contributed by atoms with E-state index in [9.17, 15) is 9.59 Å². The maximum atomic E-state index is 12.3. The molecule has 0 saturated carbocycles. The van der Waals surface area contributed by atoms with Gasteiger partial charge < -0.3 is 14.6 Å². The Bertz CT molecular complexity index is 699. The van der Waals surface area contributed by atoms with Gasteiger partial charge in [-0.15, -0.1) is 0 Å². The van der Waals surface area contributed by atoms with E-state index in [2.05, 4.69) is 12.2 Å². The molecular weight excluding hydrogens is 316 g/mol. The lowest BCUT2D eigenvalue weighted by molar-refractivity contribution is 0.0683. The highest BCUT2D eigenvalue weighted by molar-refractivity contribution is 5.94. The first-order chi connectivity index (χ1) is 12.2. The number of hydrogen-bond acceptors (Lipinski definition) is 3. The summed E-state index contributed by atoms with van der Waals surface area (Å²) in [6.07, 6.45) is 5.77. The molecule has 5 heteroatoms. The third-order valence-electron chi connectivity index (χ3n) is 4.85. The SMILES string of the molecule is CCc1ccc(C(=O)NCC2CCN(C(=O)c3ccoc3)CC2)cc1. The van der Waals surface area contributed by atoms with Crippen molar-refractivity contribution in [3.63, 3.8) is 0 Å². The second-order valence-corrected chi connectivity index (χ2v) is 6.51. The van der Waals surface area contributed by atoms with Gasteiger partial charge in [-0.05, 0) is 48.9 Å². The summed E-state index contributed by atoms with van der Waals surface area (Å²) in [7, 11) is 0. The first kappa shape index (κ1) is 17.3. The molecule has 1 aromatic heterocycles. The fourth-order valence-electron chi connectivity index (χ4n) is 3.14. The lowest BCUT2D eigenvalue weighted by Gasteiger charge is -2.31. The van der Waals surface area contributed by atoms with Crippen LogP contribution >= 0.6 is 0 Å². The van der Waals surface area contributed by atoms with Crippen molar-refractivity contribution < 1.29 is 14.0 Å². The van der Waals surface area contributed by atoms with Gasteiger partial charge in [-0.2, -0.15) is 0 Å². The van der Waals surface area contributed by atoms with E-state index in [1.165, 1.54) is 18.1 Å². The van der Waals surface area contributed by atoms with Crippen molar-refractivity contribution in [1.82, 2.24) is 10.2 Å². The third kappa shape index (κ3) is 4.29. The Hall–Kier alpha value is -2.56. The minimum atomic E-state index is -0.0282. The van der Waals surface area contributed by atoms with Crippen LogP contribution in [0, 0.1) is 5.92 Å². The van der Waals surface area contributed by atoms with Gasteiger partial charge in [-0.25, -0.2) is 0 Å². The highest BCUT2D eigenvalue weighted by Gasteiger charge is 2.24. The van der Waals surface area contributed by atoms with Crippen molar-refractivity contribution in [3.05, 3.63) is 59.5 Å². The van der Waals surface area contributed by atoms with Gasteiger partial charge in [-0.1, -0.05) is 19.1 Å². The van der Waals surface area contributed by atoms with Crippen molar-refractivity contribution in [3.8, 4) is 0 Å². The van der Waals surface area contributed by atoms with Crippen LogP contribution in [-0.2, 0) is 6.42 Å². The second-order valence-electron chi connectivity index (χ2n) is 6.51. The van der Waals surface area contributed by atoms with Crippen LogP contribution in [0.2, 0.25) is 0 Å². The zero-order valence-electron chi connectivity index (χ0n) is 14.5. The Labute approximate surface area is 148 Å². The number of nitrogens with one attached hydrogen (secondary N) is 1. The van der Waals surface area contributed by atoms with Gasteiger partial charge >= 0.3 is 0 Å². The summed E-state index contributed by atoms with van der Waals surface area (Å²) in [6.45, 7) is 4.19. The van der Waals surface area contributed by atoms with E-state index < -0.39 is 0 Å². The monoisotopic (exact) mass is 340 g/mol. The first-order valence-corrected chi connectivity index (χ1v) is 8.86. The Morgan fingerprint density at radius 1 is 1.12 bits per heavy atom. The molecular formula is C20H24N2O3. The van der Waals surface area contributed by atoms with Crippen molar-refractivity contribution in [2.75, 3.05) is 19.6 Å². The van der Waals surface area contributed by atoms with Gasteiger partial charge in [0.25, 0.3) is 11.8 Å². The largest absolute Gasteiger partial charge is 0.472 e. The van der Waals surface area contributed by atoms with Gasteiger partial charge in [0.1, 0.15) is 6.26 Å². The van der Waals surface area contributed by atoms with Gasteiger partial charge in [-0.3, -0.25) is 9.59 Å². The van der Waals surface area contributed by atoms with Crippen molar-refractivity contribution in [1.29, 1.82) is 0 Å². The van der Waals surface area contributed by atoms with Crippen molar-refractivity contribution in [2.45, 2.75) is 26.2 Å². The molecule has 0 aliphatic carbocycles. The van der Waals surface area contributed by atoms with Crippen molar-refractivity contribution >= 4 is 11.8 Å². The Morgan fingerprint density at radius 2 is 1.84 bits per heavy atom. The number of amides is 2. The summed E-state index contributed by atoms with van der Waals surface area (Å²) in [6, 6.07) is 9.43.